The van der Waals surface area contributed by atoms with Gasteiger partial charge >= 0.3 is 0 Å². The first-order valence-corrected chi connectivity index (χ1v) is 10.6. The summed E-state index contributed by atoms with van der Waals surface area (Å²) in [4.78, 5) is 16.8. The Kier molecular flexibility index (Phi) is 5.43. The van der Waals surface area contributed by atoms with E-state index in [1.54, 1.807) is 6.08 Å². The molecule has 1 aromatic heterocycles. The van der Waals surface area contributed by atoms with Crippen LogP contribution in [-0.2, 0) is 4.79 Å². The smallest absolute Gasteiger partial charge is 0.283 e. The molecule has 0 fully saturated rings. The van der Waals surface area contributed by atoms with Crippen molar-refractivity contribution in [1.82, 2.24) is 9.58 Å². The average molecular weight is 426 g/mol. The van der Waals surface area contributed by atoms with E-state index in [-0.39, 0.29) is 11.4 Å². The fourth-order valence-corrected chi connectivity index (χ4v) is 4.19. The molecule has 3 heterocycles. The summed E-state index contributed by atoms with van der Waals surface area (Å²) in [6.45, 7) is 4.07. The lowest BCUT2D eigenvalue weighted by molar-refractivity contribution is -0.114. The topological polar surface area (TPSA) is 73.8 Å². The zero-order valence-electron chi connectivity index (χ0n) is 16.1. The van der Waals surface area contributed by atoms with Gasteiger partial charge in [-0.3, -0.25) is 10.2 Å². The molecule has 0 radical (unpaired) electrons. The Labute approximate surface area is 178 Å². The van der Waals surface area contributed by atoms with E-state index in [0.29, 0.717) is 10.2 Å². The van der Waals surface area contributed by atoms with Gasteiger partial charge in [-0.25, -0.2) is 0 Å². The van der Waals surface area contributed by atoms with Crippen molar-refractivity contribution in [3.05, 3.63) is 58.4 Å². The van der Waals surface area contributed by atoms with Crippen LogP contribution in [0.2, 0.25) is 5.02 Å². The number of aryl methyl sites for hydroxylation is 1. The third kappa shape index (κ3) is 3.80. The zero-order valence-corrected chi connectivity index (χ0v) is 17.7. The summed E-state index contributed by atoms with van der Waals surface area (Å²) in [5.41, 5.74) is 2.86. The van der Waals surface area contributed by atoms with E-state index >= 15 is 0 Å². The van der Waals surface area contributed by atoms with Gasteiger partial charge in [0, 0.05) is 22.6 Å². The quantitative estimate of drug-likeness (QED) is 0.665. The SMILES string of the molecule is CCCCC1=NN2C(=N)/C(=C\c3cccn3-c3ccc(C)c(Cl)c3)C(=O)N=C2S1. The summed E-state index contributed by atoms with van der Waals surface area (Å²) in [5, 5.41) is 16.5. The highest BCUT2D eigenvalue weighted by Gasteiger charge is 2.35. The molecule has 1 amide bonds. The number of hydrogen-bond donors (Lipinski definition) is 1. The number of unbranched alkanes of at least 4 members (excludes halogenated alkanes) is 1. The monoisotopic (exact) mass is 425 g/mol. The predicted octanol–water partition coefficient (Wildman–Crippen LogP) is 5.25. The fourth-order valence-electron chi connectivity index (χ4n) is 3.09. The van der Waals surface area contributed by atoms with E-state index < -0.39 is 5.91 Å². The van der Waals surface area contributed by atoms with E-state index in [4.69, 9.17) is 17.0 Å². The normalized spacial score (nSPS) is 17.6. The maximum absolute atomic E-state index is 12.6. The van der Waals surface area contributed by atoms with Gasteiger partial charge in [0.25, 0.3) is 5.91 Å². The first-order chi connectivity index (χ1) is 14.0. The van der Waals surface area contributed by atoms with Gasteiger partial charge in [0.2, 0.25) is 5.17 Å². The predicted molar refractivity (Wildman–Crippen MR) is 120 cm³/mol. The molecule has 2 aliphatic heterocycles. The average Bonchev–Trinajstić information content (AvgIpc) is 3.32. The van der Waals surface area contributed by atoms with E-state index in [1.165, 1.54) is 16.8 Å². The Hall–Kier alpha value is -2.64. The van der Waals surface area contributed by atoms with Gasteiger partial charge in [-0.05, 0) is 67.4 Å². The second-order valence-electron chi connectivity index (χ2n) is 6.85. The molecule has 4 rings (SSSR count). The van der Waals surface area contributed by atoms with Crippen LogP contribution in [0.1, 0.15) is 37.4 Å². The number of aliphatic imine (C=N–C) groups is 1. The number of aromatic nitrogens is 1. The molecular weight excluding hydrogens is 406 g/mol. The molecule has 1 aromatic carbocycles. The number of nitrogens with one attached hydrogen (secondary N) is 1. The summed E-state index contributed by atoms with van der Waals surface area (Å²) in [6.07, 6.45) is 6.49. The molecule has 1 N–H and O–H groups in total. The molecule has 0 saturated heterocycles. The number of amides is 1. The summed E-state index contributed by atoms with van der Waals surface area (Å²) < 4.78 is 1.92. The van der Waals surface area contributed by atoms with E-state index in [9.17, 15) is 4.79 Å². The minimum absolute atomic E-state index is 0.0497. The van der Waals surface area contributed by atoms with E-state index in [1.807, 2.05) is 48.0 Å². The van der Waals surface area contributed by atoms with Crippen LogP contribution in [0.3, 0.4) is 0 Å². The Bertz CT molecular complexity index is 1100. The molecule has 8 heteroatoms. The highest BCUT2D eigenvalue weighted by atomic mass is 35.5. The second-order valence-corrected chi connectivity index (χ2v) is 8.30. The lowest BCUT2D eigenvalue weighted by Crippen LogP contribution is -2.35. The molecule has 0 bridgehead atoms. The number of carbonyl (C=O) groups is 1. The number of fused-ring (bicyclic) bond motifs is 1. The number of hydrogen-bond acceptors (Lipinski definition) is 4. The largest absolute Gasteiger partial charge is 0.317 e. The van der Waals surface area contributed by atoms with Crippen molar-refractivity contribution in [1.29, 1.82) is 5.41 Å². The van der Waals surface area contributed by atoms with Crippen molar-refractivity contribution < 1.29 is 4.79 Å². The Morgan fingerprint density at radius 1 is 1.31 bits per heavy atom. The summed E-state index contributed by atoms with van der Waals surface area (Å²) in [7, 11) is 0. The Morgan fingerprint density at radius 2 is 2.14 bits per heavy atom. The Morgan fingerprint density at radius 3 is 2.90 bits per heavy atom. The van der Waals surface area contributed by atoms with Crippen molar-refractivity contribution in [2.75, 3.05) is 0 Å². The third-order valence-corrected chi connectivity index (χ3v) is 6.12. The van der Waals surface area contributed by atoms with Crippen LogP contribution in [0, 0.1) is 12.3 Å². The lowest BCUT2D eigenvalue weighted by Gasteiger charge is -2.20. The summed E-state index contributed by atoms with van der Waals surface area (Å²) >= 11 is 7.65. The molecule has 29 heavy (non-hydrogen) atoms. The molecule has 0 aliphatic carbocycles. The molecule has 0 unspecified atom stereocenters. The number of rotatable bonds is 5. The van der Waals surface area contributed by atoms with Gasteiger partial charge in [-0.1, -0.05) is 31.0 Å². The highest BCUT2D eigenvalue weighted by Crippen LogP contribution is 2.30. The molecule has 0 spiro atoms. The maximum Gasteiger partial charge on any atom is 0.283 e. The minimum Gasteiger partial charge on any atom is -0.317 e. The van der Waals surface area contributed by atoms with Gasteiger partial charge in [-0.2, -0.15) is 15.1 Å². The van der Waals surface area contributed by atoms with Crippen LogP contribution >= 0.6 is 23.4 Å². The second kappa shape index (κ2) is 8.00. The number of nitrogens with zero attached hydrogens (tertiary/aromatic N) is 4. The number of carbonyl (C=O) groups excluding carboxylic acids is 1. The third-order valence-electron chi connectivity index (χ3n) is 4.75. The molecule has 0 atom stereocenters. The molecule has 6 nitrogen and oxygen atoms in total. The number of halogens is 1. The van der Waals surface area contributed by atoms with Crippen LogP contribution in [0.25, 0.3) is 11.8 Å². The summed E-state index contributed by atoms with van der Waals surface area (Å²) in [5.74, 6) is -0.371. The van der Waals surface area contributed by atoms with E-state index in [0.717, 1.165) is 41.3 Å². The lowest BCUT2D eigenvalue weighted by atomic mass is 10.1. The standard InChI is InChI=1S/C21H20ClN5OS/c1-3-4-7-18-25-27-19(23)16(20(28)24-21(27)29-18)11-14-6-5-10-26(14)15-9-8-13(2)17(22)12-15/h5-6,8-12,23H,3-4,7H2,1-2H3/b16-11+,23-19?. The fraction of sp³-hybridized carbons (Fsp3) is 0.238. The first kappa shape index (κ1) is 19.7. The van der Waals surface area contributed by atoms with Gasteiger partial charge in [0.05, 0.1) is 5.57 Å². The number of amidine groups is 2. The van der Waals surface area contributed by atoms with Crippen molar-refractivity contribution in [3.63, 3.8) is 0 Å². The van der Waals surface area contributed by atoms with Crippen molar-refractivity contribution in [2.24, 2.45) is 10.1 Å². The molecular formula is C21H20ClN5OS. The van der Waals surface area contributed by atoms with Crippen LogP contribution in [0.15, 0.2) is 52.2 Å². The first-order valence-electron chi connectivity index (χ1n) is 9.41. The minimum atomic E-state index is -0.421. The van der Waals surface area contributed by atoms with Crippen LogP contribution in [-0.4, -0.2) is 31.5 Å². The van der Waals surface area contributed by atoms with Gasteiger partial charge in [-0.15, -0.1) is 0 Å². The van der Waals surface area contributed by atoms with Crippen molar-refractivity contribution in [3.8, 4) is 5.69 Å². The van der Waals surface area contributed by atoms with Crippen molar-refractivity contribution >= 4 is 51.4 Å². The highest BCUT2D eigenvalue weighted by molar-refractivity contribution is 8.26. The zero-order chi connectivity index (χ0) is 20.5. The van der Waals surface area contributed by atoms with Gasteiger partial charge in [0.15, 0.2) is 5.84 Å². The van der Waals surface area contributed by atoms with Crippen LogP contribution < -0.4 is 0 Å². The molecule has 2 aliphatic rings. The number of benzene rings is 1. The maximum atomic E-state index is 12.6. The Balaban J connectivity index is 1.67. The molecule has 2 aromatic rings. The molecule has 148 valence electrons. The van der Waals surface area contributed by atoms with Gasteiger partial charge in [0.1, 0.15) is 5.04 Å². The van der Waals surface area contributed by atoms with Crippen LogP contribution in [0.5, 0.6) is 0 Å². The van der Waals surface area contributed by atoms with E-state index in [2.05, 4.69) is 17.0 Å². The number of thioether (sulfide) groups is 1. The summed E-state index contributed by atoms with van der Waals surface area (Å²) in [6, 6.07) is 9.57. The van der Waals surface area contributed by atoms with Crippen molar-refractivity contribution in [2.45, 2.75) is 33.1 Å². The number of hydrazone groups is 1. The molecule has 0 saturated carbocycles. The van der Waals surface area contributed by atoms with Crippen LogP contribution in [0.4, 0.5) is 0 Å². The van der Waals surface area contributed by atoms with Gasteiger partial charge < -0.3 is 4.57 Å².